The molecule has 3 aromatic carbocycles. The van der Waals surface area contributed by atoms with Crippen LogP contribution in [0.4, 0.5) is 0 Å². The summed E-state index contributed by atoms with van der Waals surface area (Å²) in [5.74, 6) is 0.194. The lowest BCUT2D eigenvalue weighted by atomic mass is 9.85. The molecule has 1 aromatic heterocycles. The van der Waals surface area contributed by atoms with E-state index in [0.29, 0.717) is 21.5 Å². The Hall–Kier alpha value is -3.08. The molecule has 0 spiro atoms. The quantitative estimate of drug-likeness (QED) is 0.294. The molecule has 1 heterocycles. The molecule has 0 bridgehead atoms. The van der Waals surface area contributed by atoms with Gasteiger partial charge in [-0.25, -0.2) is 4.68 Å². The number of hydrogen-bond acceptors (Lipinski definition) is 3. The molecule has 0 aliphatic rings. The summed E-state index contributed by atoms with van der Waals surface area (Å²) in [5, 5.41) is 5.72. The van der Waals surface area contributed by atoms with Crippen LogP contribution in [0.15, 0.2) is 78.9 Å². The van der Waals surface area contributed by atoms with E-state index in [2.05, 4.69) is 5.10 Å². The summed E-state index contributed by atoms with van der Waals surface area (Å²) in [6.07, 6.45) is 0. The molecule has 162 valence electrons. The van der Waals surface area contributed by atoms with Crippen LogP contribution in [0, 0.1) is 6.92 Å². The molecule has 0 amide bonds. The first-order valence-corrected chi connectivity index (χ1v) is 11.0. The number of carbonyl (C=O) groups excluding carboxylic acids is 1. The van der Waals surface area contributed by atoms with Gasteiger partial charge in [-0.1, -0.05) is 89.9 Å². The summed E-state index contributed by atoms with van der Waals surface area (Å²) in [6.45, 7) is 1.84. The molecular formula is C26H22Cl2N2O2. The van der Waals surface area contributed by atoms with Gasteiger partial charge in [0.05, 0.1) is 5.69 Å². The van der Waals surface area contributed by atoms with Crippen molar-refractivity contribution in [1.29, 1.82) is 0 Å². The Morgan fingerprint density at radius 1 is 1.00 bits per heavy atom. The molecule has 0 radical (unpaired) electrons. The predicted molar refractivity (Wildman–Crippen MR) is 128 cm³/mol. The first kappa shape index (κ1) is 22.1. The van der Waals surface area contributed by atoms with Gasteiger partial charge in [-0.3, -0.25) is 4.79 Å². The number of nitrogens with zero attached hydrogens (tertiary/aromatic N) is 2. The van der Waals surface area contributed by atoms with Crippen molar-refractivity contribution in [3.8, 4) is 5.88 Å². The van der Waals surface area contributed by atoms with Crippen LogP contribution in [0.1, 0.15) is 38.7 Å². The lowest BCUT2D eigenvalue weighted by Crippen LogP contribution is -2.15. The van der Waals surface area contributed by atoms with Gasteiger partial charge in [0.1, 0.15) is 0 Å². The standard InChI is InChI=1S/C26H22Cl2N2O2/c1-17-24(26(30(2)29-17)32-16-23(31)18-9-5-3-6-10-18)25(19-11-7-4-8-12-19)21-14-13-20(27)15-22(21)28/h3-15,25H,16H2,1-2H3. The highest BCUT2D eigenvalue weighted by molar-refractivity contribution is 6.35. The summed E-state index contributed by atoms with van der Waals surface area (Å²) in [7, 11) is 1.81. The zero-order chi connectivity index (χ0) is 22.7. The van der Waals surface area contributed by atoms with Crippen molar-refractivity contribution in [3.63, 3.8) is 0 Å². The second kappa shape index (κ2) is 9.60. The second-order valence-electron chi connectivity index (χ2n) is 7.52. The number of ketones is 1. The maximum atomic E-state index is 12.7. The molecule has 0 aliphatic carbocycles. The largest absolute Gasteiger partial charge is 0.469 e. The fourth-order valence-corrected chi connectivity index (χ4v) is 4.40. The molecule has 6 heteroatoms. The molecule has 0 aliphatic heterocycles. The first-order valence-electron chi connectivity index (χ1n) is 10.2. The lowest BCUT2D eigenvalue weighted by molar-refractivity contribution is 0.0914. The molecule has 4 aromatic rings. The van der Waals surface area contributed by atoms with E-state index in [1.807, 2.05) is 74.6 Å². The average Bonchev–Trinajstić information content (AvgIpc) is 3.07. The van der Waals surface area contributed by atoms with Gasteiger partial charge in [0.2, 0.25) is 5.88 Å². The Kier molecular flexibility index (Phi) is 6.63. The average molecular weight is 465 g/mol. The van der Waals surface area contributed by atoms with Gasteiger partial charge in [-0.2, -0.15) is 5.10 Å². The molecule has 0 fully saturated rings. The van der Waals surface area contributed by atoms with Crippen LogP contribution in [-0.4, -0.2) is 22.2 Å². The topological polar surface area (TPSA) is 44.1 Å². The van der Waals surface area contributed by atoms with Crippen molar-refractivity contribution >= 4 is 29.0 Å². The highest BCUT2D eigenvalue weighted by Gasteiger charge is 2.28. The molecule has 4 rings (SSSR count). The molecule has 0 saturated carbocycles. The SMILES string of the molecule is Cc1nn(C)c(OCC(=O)c2ccccc2)c1C(c1ccccc1)c1ccc(Cl)cc1Cl. The van der Waals surface area contributed by atoms with Crippen LogP contribution in [0.5, 0.6) is 5.88 Å². The van der Waals surface area contributed by atoms with Crippen molar-refractivity contribution in [2.75, 3.05) is 6.61 Å². The van der Waals surface area contributed by atoms with Crippen molar-refractivity contribution in [2.45, 2.75) is 12.8 Å². The van der Waals surface area contributed by atoms with Crippen molar-refractivity contribution < 1.29 is 9.53 Å². The Balaban J connectivity index is 1.77. The molecule has 1 unspecified atom stereocenters. The minimum atomic E-state index is -0.239. The smallest absolute Gasteiger partial charge is 0.216 e. The van der Waals surface area contributed by atoms with Crippen LogP contribution >= 0.6 is 23.2 Å². The monoisotopic (exact) mass is 464 g/mol. The van der Waals surface area contributed by atoms with Gasteiger partial charge in [0, 0.05) is 34.1 Å². The summed E-state index contributed by atoms with van der Waals surface area (Å²) in [6, 6.07) is 24.6. The molecule has 4 nitrogen and oxygen atoms in total. The van der Waals surface area contributed by atoms with E-state index < -0.39 is 0 Å². The van der Waals surface area contributed by atoms with E-state index in [4.69, 9.17) is 27.9 Å². The number of aromatic nitrogens is 2. The zero-order valence-electron chi connectivity index (χ0n) is 17.8. The fourth-order valence-electron chi connectivity index (χ4n) is 3.88. The van der Waals surface area contributed by atoms with Gasteiger partial charge < -0.3 is 4.74 Å². The van der Waals surface area contributed by atoms with Crippen LogP contribution < -0.4 is 4.74 Å². The molecule has 0 N–H and O–H groups in total. The van der Waals surface area contributed by atoms with E-state index in [0.717, 1.165) is 22.4 Å². The zero-order valence-corrected chi connectivity index (χ0v) is 19.3. The highest BCUT2D eigenvalue weighted by Crippen LogP contribution is 2.42. The highest BCUT2D eigenvalue weighted by atomic mass is 35.5. The fraction of sp³-hybridized carbons (Fsp3) is 0.154. The van der Waals surface area contributed by atoms with E-state index in [-0.39, 0.29) is 18.3 Å². The summed E-state index contributed by atoms with van der Waals surface area (Å²) < 4.78 is 7.74. The van der Waals surface area contributed by atoms with Crippen LogP contribution in [0.3, 0.4) is 0 Å². The van der Waals surface area contributed by atoms with Crippen LogP contribution in [0.25, 0.3) is 0 Å². The number of carbonyl (C=O) groups is 1. The van der Waals surface area contributed by atoms with Gasteiger partial charge in [0.25, 0.3) is 0 Å². The summed E-state index contributed by atoms with van der Waals surface area (Å²) in [5.41, 5.74) is 4.19. The predicted octanol–water partition coefficient (Wildman–Crippen LogP) is 6.48. The number of benzene rings is 3. The minimum Gasteiger partial charge on any atom is -0.469 e. The van der Waals surface area contributed by atoms with Gasteiger partial charge in [0.15, 0.2) is 12.4 Å². The van der Waals surface area contributed by atoms with E-state index in [1.54, 1.807) is 22.9 Å². The first-order chi connectivity index (χ1) is 15.5. The number of ether oxygens (including phenoxy) is 1. The summed E-state index contributed by atoms with van der Waals surface area (Å²) >= 11 is 12.8. The van der Waals surface area contributed by atoms with Gasteiger partial charge >= 0.3 is 0 Å². The third kappa shape index (κ3) is 4.57. The third-order valence-electron chi connectivity index (χ3n) is 5.34. The van der Waals surface area contributed by atoms with Crippen molar-refractivity contribution in [1.82, 2.24) is 9.78 Å². The minimum absolute atomic E-state index is 0.0914. The van der Waals surface area contributed by atoms with E-state index >= 15 is 0 Å². The molecule has 0 saturated heterocycles. The lowest BCUT2D eigenvalue weighted by Gasteiger charge is -2.21. The summed E-state index contributed by atoms with van der Waals surface area (Å²) in [4.78, 5) is 12.7. The molecule has 1 atom stereocenters. The van der Waals surface area contributed by atoms with Crippen molar-refractivity contribution in [2.24, 2.45) is 7.05 Å². The Bertz CT molecular complexity index is 1240. The number of hydrogen-bond donors (Lipinski definition) is 0. The molecular weight excluding hydrogens is 443 g/mol. The Morgan fingerprint density at radius 3 is 2.31 bits per heavy atom. The van der Waals surface area contributed by atoms with E-state index in [1.165, 1.54) is 0 Å². The normalized spacial score (nSPS) is 11.9. The number of Topliss-reactive ketones (excluding diaryl/α,β-unsaturated/α-hetero) is 1. The number of rotatable bonds is 7. The third-order valence-corrected chi connectivity index (χ3v) is 5.91. The Morgan fingerprint density at radius 2 is 1.66 bits per heavy atom. The Labute approximate surface area is 197 Å². The van der Waals surface area contributed by atoms with E-state index in [9.17, 15) is 4.79 Å². The maximum absolute atomic E-state index is 12.7. The van der Waals surface area contributed by atoms with Gasteiger partial charge in [-0.05, 0) is 30.2 Å². The van der Waals surface area contributed by atoms with Crippen LogP contribution in [-0.2, 0) is 7.05 Å². The van der Waals surface area contributed by atoms with Crippen molar-refractivity contribution in [3.05, 3.63) is 117 Å². The molecule has 32 heavy (non-hydrogen) atoms. The maximum Gasteiger partial charge on any atom is 0.216 e. The number of aryl methyl sites for hydroxylation is 2. The second-order valence-corrected chi connectivity index (χ2v) is 8.36. The van der Waals surface area contributed by atoms with Crippen LogP contribution in [0.2, 0.25) is 10.0 Å². The number of halogens is 2. The van der Waals surface area contributed by atoms with Gasteiger partial charge in [-0.15, -0.1) is 0 Å².